The second kappa shape index (κ2) is 6.58. The lowest BCUT2D eigenvalue weighted by Gasteiger charge is -2.27. The van der Waals surface area contributed by atoms with Gasteiger partial charge in [0.15, 0.2) is 0 Å². The number of nitrogens with zero attached hydrogens (tertiary/aromatic N) is 4. The fourth-order valence-corrected chi connectivity index (χ4v) is 3.21. The van der Waals surface area contributed by atoms with Gasteiger partial charge in [-0.05, 0) is 26.0 Å². The maximum Gasteiger partial charge on any atom is 0.0926 e. The minimum atomic E-state index is 0.0304. The van der Waals surface area contributed by atoms with Crippen LogP contribution in [0.2, 0.25) is 0 Å². The lowest BCUT2D eigenvalue weighted by atomic mass is 10.0. The highest BCUT2D eigenvalue weighted by Gasteiger charge is 2.23. The zero-order valence-corrected chi connectivity index (χ0v) is 13.4. The van der Waals surface area contributed by atoms with Gasteiger partial charge in [0.1, 0.15) is 0 Å². The van der Waals surface area contributed by atoms with Gasteiger partial charge in [0.2, 0.25) is 0 Å². The molecule has 2 aromatic heterocycles. The fourth-order valence-electron chi connectivity index (χ4n) is 3.21. The van der Waals surface area contributed by atoms with Gasteiger partial charge >= 0.3 is 0 Å². The monoisotopic (exact) mass is 300 g/mol. The second-order valence-corrected chi connectivity index (χ2v) is 5.89. The Balaban J connectivity index is 1.68. The molecular formula is C17H24N4O. The highest BCUT2D eigenvalue weighted by Crippen LogP contribution is 2.23. The highest BCUT2D eigenvalue weighted by atomic mass is 16.3. The largest absolute Gasteiger partial charge is 0.390 e. The summed E-state index contributed by atoms with van der Waals surface area (Å²) >= 11 is 0. The summed E-state index contributed by atoms with van der Waals surface area (Å²) < 4.78 is 2.04. The van der Waals surface area contributed by atoms with E-state index < -0.39 is 0 Å². The van der Waals surface area contributed by atoms with Gasteiger partial charge < -0.3 is 5.11 Å². The number of hydrogen-bond donors (Lipinski definition) is 1. The van der Waals surface area contributed by atoms with Crippen LogP contribution < -0.4 is 0 Å². The van der Waals surface area contributed by atoms with Crippen LogP contribution in [0, 0.1) is 6.92 Å². The molecule has 0 radical (unpaired) electrons. The van der Waals surface area contributed by atoms with Crippen LogP contribution in [0.25, 0.3) is 0 Å². The Hall–Kier alpha value is -1.72. The van der Waals surface area contributed by atoms with Crippen LogP contribution in [0.5, 0.6) is 0 Å². The Morgan fingerprint density at radius 3 is 2.91 bits per heavy atom. The number of hydrogen-bond acceptors (Lipinski definition) is 4. The summed E-state index contributed by atoms with van der Waals surface area (Å²) in [7, 11) is 0. The maximum atomic E-state index is 9.52. The number of fused-ring (bicyclic) bond motifs is 1. The zero-order valence-electron chi connectivity index (χ0n) is 13.4. The van der Waals surface area contributed by atoms with Crippen molar-refractivity contribution in [3.05, 3.63) is 46.5 Å². The normalized spacial score (nSPS) is 15.0. The van der Waals surface area contributed by atoms with Gasteiger partial charge in [0.25, 0.3) is 0 Å². The third kappa shape index (κ3) is 3.05. The Morgan fingerprint density at radius 2 is 2.18 bits per heavy atom. The quantitative estimate of drug-likeness (QED) is 0.913. The Morgan fingerprint density at radius 1 is 1.32 bits per heavy atom. The molecule has 0 unspecified atom stereocenters. The van der Waals surface area contributed by atoms with E-state index in [1.165, 1.54) is 11.3 Å². The minimum Gasteiger partial charge on any atom is -0.390 e. The average molecular weight is 300 g/mol. The second-order valence-electron chi connectivity index (χ2n) is 5.89. The fraction of sp³-hybridized carbons (Fsp3) is 0.529. The van der Waals surface area contributed by atoms with Crippen LogP contribution in [0.15, 0.2) is 18.2 Å². The highest BCUT2D eigenvalue weighted by molar-refractivity contribution is 5.28. The first-order valence-electron chi connectivity index (χ1n) is 8.04. The molecule has 3 rings (SSSR count). The third-order valence-electron chi connectivity index (χ3n) is 4.38. The van der Waals surface area contributed by atoms with E-state index >= 15 is 0 Å². The summed E-state index contributed by atoms with van der Waals surface area (Å²) in [6.45, 7) is 7.97. The van der Waals surface area contributed by atoms with Gasteiger partial charge in [0.05, 0.1) is 12.3 Å². The predicted molar refractivity (Wildman–Crippen MR) is 85.5 cm³/mol. The van der Waals surface area contributed by atoms with Crippen molar-refractivity contribution >= 4 is 0 Å². The van der Waals surface area contributed by atoms with Crippen molar-refractivity contribution in [3.8, 4) is 0 Å². The molecule has 5 heteroatoms. The molecular weight excluding hydrogens is 276 g/mol. The van der Waals surface area contributed by atoms with Crippen LogP contribution in [0.4, 0.5) is 0 Å². The summed E-state index contributed by atoms with van der Waals surface area (Å²) in [5.41, 5.74) is 5.60. The molecule has 0 saturated heterocycles. The van der Waals surface area contributed by atoms with Crippen LogP contribution in [0.3, 0.4) is 0 Å². The van der Waals surface area contributed by atoms with Crippen LogP contribution in [-0.4, -0.2) is 37.9 Å². The topological polar surface area (TPSA) is 54.2 Å². The molecule has 5 nitrogen and oxygen atoms in total. The van der Waals surface area contributed by atoms with Crippen molar-refractivity contribution in [2.24, 2.45) is 0 Å². The van der Waals surface area contributed by atoms with Crippen molar-refractivity contribution < 1.29 is 5.11 Å². The molecule has 0 atom stereocenters. The van der Waals surface area contributed by atoms with E-state index in [2.05, 4.69) is 34.0 Å². The average Bonchev–Trinajstić information content (AvgIpc) is 2.90. The number of aromatic nitrogens is 3. The van der Waals surface area contributed by atoms with Gasteiger partial charge in [-0.1, -0.05) is 6.07 Å². The molecule has 0 aliphatic carbocycles. The van der Waals surface area contributed by atoms with E-state index in [1.807, 2.05) is 17.7 Å². The van der Waals surface area contributed by atoms with Gasteiger partial charge in [0, 0.05) is 61.7 Å². The van der Waals surface area contributed by atoms with E-state index in [-0.39, 0.29) is 6.61 Å². The number of pyridine rings is 1. The maximum absolute atomic E-state index is 9.52. The lowest BCUT2D eigenvalue weighted by Crippen LogP contribution is -2.33. The molecule has 0 aromatic carbocycles. The number of rotatable bonds is 5. The molecule has 22 heavy (non-hydrogen) atoms. The zero-order chi connectivity index (χ0) is 15.5. The molecule has 0 bridgehead atoms. The molecule has 0 fully saturated rings. The van der Waals surface area contributed by atoms with Crippen molar-refractivity contribution in [1.29, 1.82) is 0 Å². The molecule has 3 heterocycles. The molecule has 0 amide bonds. The molecule has 2 aromatic rings. The van der Waals surface area contributed by atoms with E-state index in [4.69, 9.17) is 0 Å². The van der Waals surface area contributed by atoms with Gasteiger partial charge in [-0.25, -0.2) is 0 Å². The Kier molecular flexibility index (Phi) is 4.55. The molecule has 0 saturated carbocycles. The SMILES string of the molecule is CCn1nc(CO)c2c1CCN(CCc1cccc(C)n1)C2. The molecule has 1 aliphatic heterocycles. The van der Waals surface area contributed by atoms with E-state index in [0.717, 1.165) is 56.1 Å². The first kappa shape index (κ1) is 15.2. The summed E-state index contributed by atoms with van der Waals surface area (Å²) in [4.78, 5) is 7.01. The summed E-state index contributed by atoms with van der Waals surface area (Å²) in [6.07, 6.45) is 1.98. The van der Waals surface area contributed by atoms with Crippen molar-refractivity contribution in [2.75, 3.05) is 13.1 Å². The third-order valence-corrected chi connectivity index (χ3v) is 4.38. The standard InChI is InChI=1S/C17H24N4O/c1-3-21-17-8-10-20(11-15(17)16(12-22)19-21)9-7-14-6-4-5-13(2)18-14/h4-6,22H,3,7-12H2,1-2H3. The number of aryl methyl sites for hydroxylation is 2. The minimum absolute atomic E-state index is 0.0304. The predicted octanol–water partition coefficient (Wildman–Crippen LogP) is 1.70. The van der Waals surface area contributed by atoms with Crippen LogP contribution in [-0.2, 0) is 32.5 Å². The van der Waals surface area contributed by atoms with Gasteiger partial charge in [-0.15, -0.1) is 0 Å². The van der Waals surface area contributed by atoms with E-state index in [1.54, 1.807) is 0 Å². The molecule has 1 aliphatic rings. The smallest absolute Gasteiger partial charge is 0.0926 e. The van der Waals surface area contributed by atoms with E-state index in [9.17, 15) is 5.11 Å². The summed E-state index contributed by atoms with van der Waals surface area (Å²) in [5, 5.41) is 14.0. The van der Waals surface area contributed by atoms with Crippen LogP contribution >= 0.6 is 0 Å². The number of aliphatic hydroxyl groups excluding tert-OH is 1. The summed E-state index contributed by atoms with van der Waals surface area (Å²) in [6, 6.07) is 6.20. The van der Waals surface area contributed by atoms with Gasteiger partial charge in [-0.2, -0.15) is 5.10 Å². The van der Waals surface area contributed by atoms with E-state index in [0.29, 0.717) is 0 Å². The van der Waals surface area contributed by atoms with Crippen molar-refractivity contribution in [3.63, 3.8) is 0 Å². The first-order chi connectivity index (χ1) is 10.7. The summed E-state index contributed by atoms with van der Waals surface area (Å²) in [5.74, 6) is 0. The Labute approximate surface area is 131 Å². The first-order valence-corrected chi connectivity index (χ1v) is 8.04. The molecule has 1 N–H and O–H groups in total. The lowest BCUT2D eigenvalue weighted by molar-refractivity contribution is 0.245. The Bertz CT molecular complexity index is 650. The molecule has 118 valence electrons. The van der Waals surface area contributed by atoms with Crippen LogP contribution in [0.1, 0.15) is 35.3 Å². The van der Waals surface area contributed by atoms with Crippen molar-refractivity contribution in [2.45, 2.75) is 46.4 Å². The van der Waals surface area contributed by atoms with Crippen molar-refractivity contribution in [1.82, 2.24) is 19.7 Å². The van der Waals surface area contributed by atoms with Gasteiger partial charge in [-0.3, -0.25) is 14.6 Å². The molecule has 0 spiro atoms. The number of aliphatic hydroxyl groups is 1.